The molecule has 5 nitrogen and oxygen atoms in total. The van der Waals surface area contributed by atoms with Gasteiger partial charge >= 0.3 is 0 Å². The van der Waals surface area contributed by atoms with Crippen LogP contribution in [0.15, 0.2) is 68.8 Å². The molecule has 0 spiro atoms. The minimum absolute atomic E-state index is 0.106. The topological polar surface area (TPSA) is 50.9 Å². The van der Waals surface area contributed by atoms with Gasteiger partial charge in [-0.15, -0.1) is 0 Å². The Morgan fingerprint density at radius 1 is 1.12 bits per heavy atom. The molecule has 0 saturated carbocycles. The minimum atomic E-state index is -0.287. The number of aryl methyl sites for hydroxylation is 1. The number of halogens is 1. The highest BCUT2D eigenvalue weighted by Crippen LogP contribution is 2.48. The summed E-state index contributed by atoms with van der Waals surface area (Å²) >= 11 is 3.57. The second-order valence-corrected chi connectivity index (χ2v) is 7.41. The van der Waals surface area contributed by atoms with Gasteiger partial charge in [0.2, 0.25) is 6.23 Å². The second-order valence-electron chi connectivity index (χ2n) is 6.49. The third-order valence-electron chi connectivity index (χ3n) is 4.77. The smallest absolute Gasteiger partial charge is 0.213 e. The van der Waals surface area contributed by atoms with Crippen LogP contribution in [0, 0.1) is 6.92 Å². The molecule has 3 aromatic rings. The van der Waals surface area contributed by atoms with Gasteiger partial charge in [-0.1, -0.05) is 15.9 Å². The second kappa shape index (κ2) is 5.99. The summed E-state index contributed by atoms with van der Waals surface area (Å²) in [6, 6.07) is 14.1. The molecular formula is C20H16BrN3O2. The highest BCUT2D eigenvalue weighted by Gasteiger charge is 2.41. The number of nitrogens with zero attached hydrogens (tertiary/aromatic N) is 3. The van der Waals surface area contributed by atoms with Gasteiger partial charge in [0.25, 0.3) is 0 Å². The van der Waals surface area contributed by atoms with Crippen molar-refractivity contribution in [3.63, 3.8) is 0 Å². The third-order valence-corrected chi connectivity index (χ3v) is 5.26. The first kappa shape index (κ1) is 15.6. The Morgan fingerprint density at radius 3 is 2.73 bits per heavy atom. The summed E-state index contributed by atoms with van der Waals surface area (Å²) in [4.78, 5) is 4.12. The predicted octanol–water partition coefficient (Wildman–Crippen LogP) is 4.99. The lowest BCUT2D eigenvalue weighted by Crippen LogP contribution is -2.33. The van der Waals surface area contributed by atoms with Crippen molar-refractivity contribution >= 4 is 21.6 Å². The van der Waals surface area contributed by atoms with Crippen LogP contribution in [0.3, 0.4) is 0 Å². The van der Waals surface area contributed by atoms with Crippen molar-refractivity contribution in [2.24, 2.45) is 5.10 Å². The molecule has 0 radical (unpaired) electrons. The van der Waals surface area contributed by atoms with Crippen LogP contribution in [0.4, 0.5) is 0 Å². The van der Waals surface area contributed by atoms with Gasteiger partial charge in [-0.2, -0.15) is 5.10 Å². The first-order chi connectivity index (χ1) is 12.7. The molecule has 2 aliphatic heterocycles. The molecule has 0 fully saturated rings. The molecule has 0 saturated heterocycles. The van der Waals surface area contributed by atoms with Gasteiger partial charge in [-0.25, -0.2) is 5.01 Å². The molecule has 0 amide bonds. The Kier molecular flexibility index (Phi) is 3.60. The van der Waals surface area contributed by atoms with Gasteiger partial charge in [-0.3, -0.25) is 4.98 Å². The number of hydrazone groups is 1. The monoisotopic (exact) mass is 409 g/mol. The summed E-state index contributed by atoms with van der Waals surface area (Å²) in [5.74, 6) is 2.60. The number of furan rings is 1. The van der Waals surface area contributed by atoms with Gasteiger partial charge in [-0.05, 0) is 49.4 Å². The van der Waals surface area contributed by atoms with Crippen LogP contribution >= 0.6 is 15.9 Å². The molecule has 6 heteroatoms. The molecule has 2 atom stereocenters. The van der Waals surface area contributed by atoms with Crippen LogP contribution in [0.2, 0.25) is 0 Å². The van der Waals surface area contributed by atoms with Gasteiger partial charge < -0.3 is 9.15 Å². The standard InChI is InChI=1S/C20H16BrN3O2/c1-12-2-4-19(25-12)16-11-17-15-10-14(21)3-5-18(15)26-20(24(17)23-16)13-6-8-22-9-7-13/h2-10,17,20H,11H2,1H3. The molecule has 0 bridgehead atoms. The molecule has 1 aromatic carbocycles. The number of hydrogen-bond acceptors (Lipinski definition) is 5. The van der Waals surface area contributed by atoms with E-state index in [4.69, 9.17) is 14.3 Å². The lowest BCUT2D eigenvalue weighted by atomic mass is 9.97. The van der Waals surface area contributed by atoms with Crippen LogP contribution in [0.1, 0.15) is 41.3 Å². The maximum atomic E-state index is 6.32. The van der Waals surface area contributed by atoms with Crippen molar-refractivity contribution in [3.8, 4) is 5.75 Å². The van der Waals surface area contributed by atoms with Crippen molar-refractivity contribution < 1.29 is 9.15 Å². The third kappa shape index (κ3) is 2.52. The van der Waals surface area contributed by atoms with Crippen LogP contribution in [0.25, 0.3) is 0 Å². The average Bonchev–Trinajstić information content (AvgIpc) is 3.28. The van der Waals surface area contributed by atoms with E-state index in [0.717, 1.165) is 45.0 Å². The Balaban J connectivity index is 1.61. The average molecular weight is 410 g/mol. The lowest BCUT2D eigenvalue weighted by Gasteiger charge is -2.38. The predicted molar refractivity (Wildman–Crippen MR) is 101 cm³/mol. The van der Waals surface area contributed by atoms with E-state index in [1.54, 1.807) is 12.4 Å². The fourth-order valence-electron chi connectivity index (χ4n) is 3.54. The molecule has 2 aliphatic rings. The molecule has 2 aromatic heterocycles. The van der Waals surface area contributed by atoms with Crippen molar-refractivity contribution in [3.05, 3.63) is 82.0 Å². The van der Waals surface area contributed by atoms with Gasteiger partial charge in [0.05, 0.1) is 6.04 Å². The zero-order valence-corrected chi connectivity index (χ0v) is 15.7. The molecular weight excluding hydrogens is 394 g/mol. The number of pyridine rings is 1. The molecule has 0 N–H and O–H groups in total. The molecule has 4 heterocycles. The number of hydrogen-bond donors (Lipinski definition) is 0. The summed E-state index contributed by atoms with van der Waals surface area (Å²) in [5.41, 5.74) is 3.10. The summed E-state index contributed by atoms with van der Waals surface area (Å²) in [6.45, 7) is 1.95. The molecule has 26 heavy (non-hydrogen) atoms. The lowest BCUT2D eigenvalue weighted by molar-refractivity contribution is -0.0191. The number of rotatable bonds is 2. The van der Waals surface area contributed by atoms with Gasteiger partial charge in [0, 0.05) is 34.4 Å². The van der Waals surface area contributed by atoms with E-state index >= 15 is 0 Å². The number of ether oxygens (including phenoxy) is 1. The first-order valence-electron chi connectivity index (χ1n) is 8.48. The van der Waals surface area contributed by atoms with Crippen molar-refractivity contribution in [2.75, 3.05) is 0 Å². The first-order valence-corrected chi connectivity index (χ1v) is 9.27. The normalized spacial score (nSPS) is 21.0. The highest BCUT2D eigenvalue weighted by atomic mass is 79.9. The maximum Gasteiger partial charge on any atom is 0.213 e. The summed E-state index contributed by atoms with van der Waals surface area (Å²) in [6.07, 6.45) is 4.05. The maximum absolute atomic E-state index is 6.32. The van der Waals surface area contributed by atoms with E-state index in [9.17, 15) is 0 Å². The van der Waals surface area contributed by atoms with Gasteiger partial charge in [0.15, 0.2) is 0 Å². The van der Waals surface area contributed by atoms with Crippen molar-refractivity contribution in [1.82, 2.24) is 9.99 Å². The van der Waals surface area contributed by atoms with E-state index in [2.05, 4.69) is 27.0 Å². The zero-order valence-electron chi connectivity index (χ0n) is 14.1. The molecule has 2 unspecified atom stereocenters. The van der Waals surface area contributed by atoms with E-state index in [-0.39, 0.29) is 12.3 Å². The van der Waals surface area contributed by atoms with Crippen LogP contribution in [0.5, 0.6) is 5.75 Å². The Bertz CT molecular complexity index is 999. The molecule has 130 valence electrons. The summed E-state index contributed by atoms with van der Waals surface area (Å²) < 4.78 is 13.2. The Hall–Kier alpha value is -2.60. The SMILES string of the molecule is Cc1ccc(C2=NN3C(C2)c2cc(Br)ccc2OC3c2ccncc2)o1. The highest BCUT2D eigenvalue weighted by molar-refractivity contribution is 9.10. The van der Waals surface area contributed by atoms with Crippen molar-refractivity contribution in [2.45, 2.75) is 25.6 Å². The van der Waals surface area contributed by atoms with E-state index in [1.807, 2.05) is 48.3 Å². The van der Waals surface area contributed by atoms with E-state index < -0.39 is 0 Å². The summed E-state index contributed by atoms with van der Waals surface area (Å²) in [5, 5.41) is 6.91. The van der Waals surface area contributed by atoms with Crippen LogP contribution in [-0.2, 0) is 0 Å². The van der Waals surface area contributed by atoms with Gasteiger partial charge in [0.1, 0.15) is 23.0 Å². The fraction of sp³-hybridized carbons (Fsp3) is 0.200. The Labute approximate surface area is 159 Å². The summed E-state index contributed by atoms with van der Waals surface area (Å²) in [7, 11) is 0. The number of aromatic nitrogens is 1. The quantitative estimate of drug-likeness (QED) is 0.598. The van der Waals surface area contributed by atoms with Crippen molar-refractivity contribution in [1.29, 1.82) is 0 Å². The number of benzene rings is 1. The van der Waals surface area contributed by atoms with E-state index in [0.29, 0.717) is 0 Å². The number of fused-ring (bicyclic) bond motifs is 3. The van der Waals surface area contributed by atoms with E-state index in [1.165, 1.54) is 0 Å². The van der Waals surface area contributed by atoms with Crippen LogP contribution in [-0.4, -0.2) is 15.7 Å². The fourth-order valence-corrected chi connectivity index (χ4v) is 3.92. The zero-order chi connectivity index (χ0) is 17.7. The molecule has 5 rings (SSSR count). The Morgan fingerprint density at radius 2 is 1.96 bits per heavy atom. The minimum Gasteiger partial charge on any atom is -0.464 e. The largest absolute Gasteiger partial charge is 0.464 e. The van der Waals surface area contributed by atoms with Crippen LogP contribution < -0.4 is 4.74 Å². The molecule has 0 aliphatic carbocycles.